The molecule has 3 aromatic rings. The maximum Gasteiger partial charge on any atom is 0.233 e. The van der Waals surface area contributed by atoms with E-state index in [4.69, 9.17) is 4.42 Å². The first-order valence-electron chi connectivity index (χ1n) is 5.79. The van der Waals surface area contributed by atoms with Gasteiger partial charge in [-0.05, 0) is 24.6 Å². The summed E-state index contributed by atoms with van der Waals surface area (Å²) in [5.41, 5.74) is 0.0634. The first-order valence-corrected chi connectivity index (χ1v) is 5.79. The highest BCUT2D eigenvalue weighted by molar-refractivity contribution is 5.77. The summed E-state index contributed by atoms with van der Waals surface area (Å²) in [6.07, 6.45) is 0. The minimum absolute atomic E-state index is 0.180. The lowest BCUT2D eigenvalue weighted by Gasteiger charge is -2.04. The van der Waals surface area contributed by atoms with Gasteiger partial charge < -0.3 is 4.42 Å². The standard InChI is InChI=1S/C14H6F5NO/c1-5-2-3-7-6(4-5)20-14(21-7)8-9(15)11(17)13(19)12(18)10(8)16/h2-4H,1H3. The van der Waals surface area contributed by atoms with Gasteiger partial charge in [-0.25, -0.2) is 26.9 Å². The van der Waals surface area contributed by atoms with Gasteiger partial charge in [0.05, 0.1) is 0 Å². The zero-order valence-electron chi connectivity index (χ0n) is 10.5. The Morgan fingerprint density at radius 3 is 2.05 bits per heavy atom. The van der Waals surface area contributed by atoms with Crippen molar-refractivity contribution in [3.8, 4) is 11.5 Å². The van der Waals surface area contributed by atoms with E-state index >= 15 is 0 Å². The molecule has 0 radical (unpaired) electrons. The average Bonchev–Trinajstić information content (AvgIpc) is 2.85. The fraction of sp³-hybridized carbons (Fsp3) is 0.0714. The van der Waals surface area contributed by atoms with Crippen LogP contribution >= 0.6 is 0 Å². The molecule has 2 nitrogen and oxygen atoms in total. The largest absolute Gasteiger partial charge is 0.436 e. The molecule has 1 aromatic heterocycles. The van der Waals surface area contributed by atoms with E-state index in [9.17, 15) is 22.0 Å². The monoisotopic (exact) mass is 299 g/mol. The van der Waals surface area contributed by atoms with Gasteiger partial charge in [-0.3, -0.25) is 0 Å². The van der Waals surface area contributed by atoms with Crippen molar-refractivity contribution in [3.63, 3.8) is 0 Å². The minimum Gasteiger partial charge on any atom is -0.436 e. The van der Waals surface area contributed by atoms with Crippen molar-refractivity contribution in [3.05, 3.63) is 52.8 Å². The van der Waals surface area contributed by atoms with Gasteiger partial charge in [0, 0.05) is 0 Å². The number of hydrogen-bond acceptors (Lipinski definition) is 2. The fourth-order valence-corrected chi connectivity index (χ4v) is 1.94. The topological polar surface area (TPSA) is 26.0 Å². The molecule has 0 N–H and O–H groups in total. The predicted octanol–water partition coefficient (Wildman–Crippen LogP) is 4.50. The molecule has 7 heteroatoms. The molecule has 0 bridgehead atoms. The highest BCUT2D eigenvalue weighted by Crippen LogP contribution is 2.32. The number of benzene rings is 2. The molecule has 0 spiro atoms. The molecule has 0 saturated carbocycles. The highest BCUT2D eigenvalue weighted by Gasteiger charge is 2.29. The van der Waals surface area contributed by atoms with E-state index in [0.29, 0.717) is 0 Å². The van der Waals surface area contributed by atoms with E-state index in [2.05, 4.69) is 4.98 Å². The molecule has 2 aromatic carbocycles. The number of oxazole rings is 1. The van der Waals surface area contributed by atoms with Crippen LogP contribution in [0, 0.1) is 36.0 Å². The van der Waals surface area contributed by atoms with E-state index in [1.807, 2.05) is 0 Å². The van der Waals surface area contributed by atoms with E-state index in [1.165, 1.54) is 6.07 Å². The van der Waals surface area contributed by atoms with Crippen molar-refractivity contribution in [2.24, 2.45) is 0 Å². The lowest BCUT2D eigenvalue weighted by atomic mass is 10.1. The lowest BCUT2D eigenvalue weighted by Crippen LogP contribution is -2.04. The third-order valence-corrected chi connectivity index (χ3v) is 2.97. The summed E-state index contributed by atoms with van der Waals surface area (Å²) in [6, 6.07) is 4.72. The Bertz CT molecular complexity index is 842. The van der Waals surface area contributed by atoms with E-state index in [-0.39, 0.29) is 11.1 Å². The Balaban J connectivity index is 2.32. The molecule has 0 atom stereocenters. The van der Waals surface area contributed by atoms with Crippen molar-refractivity contribution in [2.45, 2.75) is 6.92 Å². The first kappa shape index (κ1) is 13.5. The Hall–Kier alpha value is -2.44. The van der Waals surface area contributed by atoms with Crippen molar-refractivity contribution < 1.29 is 26.4 Å². The quantitative estimate of drug-likeness (QED) is 0.376. The van der Waals surface area contributed by atoms with Crippen molar-refractivity contribution in [2.75, 3.05) is 0 Å². The summed E-state index contributed by atoms with van der Waals surface area (Å²) in [4.78, 5) is 3.77. The first-order chi connectivity index (χ1) is 9.90. The Kier molecular flexibility index (Phi) is 2.93. The Morgan fingerprint density at radius 2 is 1.43 bits per heavy atom. The third-order valence-electron chi connectivity index (χ3n) is 2.97. The van der Waals surface area contributed by atoms with Gasteiger partial charge in [0.1, 0.15) is 11.1 Å². The van der Waals surface area contributed by atoms with E-state index in [1.54, 1.807) is 19.1 Å². The van der Waals surface area contributed by atoms with Crippen LogP contribution in [0.25, 0.3) is 22.6 Å². The van der Waals surface area contributed by atoms with E-state index < -0.39 is 40.5 Å². The van der Waals surface area contributed by atoms with Crippen molar-refractivity contribution >= 4 is 11.1 Å². The van der Waals surface area contributed by atoms with Crippen LogP contribution in [0.15, 0.2) is 22.6 Å². The van der Waals surface area contributed by atoms with Gasteiger partial charge in [0.2, 0.25) is 11.7 Å². The summed E-state index contributed by atoms with van der Waals surface area (Å²) in [5.74, 6) is -10.9. The SMILES string of the molecule is Cc1ccc2oc(-c3c(F)c(F)c(F)c(F)c3F)nc2c1. The molecule has 0 unspecified atom stereocenters. The number of aromatic nitrogens is 1. The zero-order valence-corrected chi connectivity index (χ0v) is 10.5. The average molecular weight is 299 g/mol. The molecule has 1 heterocycles. The third kappa shape index (κ3) is 1.96. The van der Waals surface area contributed by atoms with Crippen LogP contribution in [0.2, 0.25) is 0 Å². The number of rotatable bonds is 1. The van der Waals surface area contributed by atoms with Crippen LogP contribution in [0.5, 0.6) is 0 Å². The van der Waals surface area contributed by atoms with Gasteiger partial charge in [0.15, 0.2) is 28.9 Å². The molecule has 0 aliphatic rings. The second kappa shape index (κ2) is 4.54. The van der Waals surface area contributed by atoms with Crippen molar-refractivity contribution in [1.29, 1.82) is 0 Å². The van der Waals surface area contributed by atoms with Crippen LogP contribution in [-0.4, -0.2) is 4.98 Å². The van der Waals surface area contributed by atoms with Gasteiger partial charge >= 0.3 is 0 Å². The van der Waals surface area contributed by atoms with Gasteiger partial charge in [-0.15, -0.1) is 0 Å². The second-order valence-electron chi connectivity index (χ2n) is 4.44. The zero-order chi connectivity index (χ0) is 15.3. The van der Waals surface area contributed by atoms with Crippen LogP contribution < -0.4 is 0 Å². The highest BCUT2D eigenvalue weighted by atomic mass is 19.2. The fourth-order valence-electron chi connectivity index (χ4n) is 1.94. The Labute approximate surface area is 114 Å². The molecule has 3 rings (SSSR count). The predicted molar refractivity (Wildman–Crippen MR) is 64.0 cm³/mol. The maximum atomic E-state index is 13.7. The molecular weight excluding hydrogens is 293 g/mol. The number of aryl methyl sites for hydroxylation is 1. The van der Waals surface area contributed by atoms with Gasteiger partial charge in [0.25, 0.3) is 0 Å². The maximum absolute atomic E-state index is 13.7. The molecule has 0 aliphatic heterocycles. The summed E-state index contributed by atoms with van der Waals surface area (Å²) in [7, 11) is 0. The second-order valence-corrected chi connectivity index (χ2v) is 4.44. The summed E-state index contributed by atoms with van der Waals surface area (Å²) in [6.45, 7) is 1.76. The van der Waals surface area contributed by atoms with Crippen molar-refractivity contribution in [1.82, 2.24) is 4.98 Å². The number of halogens is 5. The molecule has 0 saturated heterocycles. The molecule has 0 amide bonds. The van der Waals surface area contributed by atoms with Crippen LogP contribution in [-0.2, 0) is 0 Å². The van der Waals surface area contributed by atoms with Crippen LogP contribution in [0.3, 0.4) is 0 Å². The number of fused-ring (bicyclic) bond motifs is 1. The molecular formula is C14H6F5NO. The summed E-state index contributed by atoms with van der Waals surface area (Å²) >= 11 is 0. The Morgan fingerprint density at radius 1 is 0.857 bits per heavy atom. The smallest absolute Gasteiger partial charge is 0.233 e. The minimum atomic E-state index is -2.22. The van der Waals surface area contributed by atoms with Crippen LogP contribution in [0.4, 0.5) is 22.0 Å². The molecule has 108 valence electrons. The van der Waals surface area contributed by atoms with Gasteiger partial charge in [-0.2, -0.15) is 0 Å². The lowest BCUT2D eigenvalue weighted by molar-refractivity contribution is 0.379. The number of nitrogens with zero attached hydrogens (tertiary/aromatic N) is 1. The summed E-state index contributed by atoms with van der Waals surface area (Å²) in [5, 5.41) is 0. The van der Waals surface area contributed by atoms with E-state index in [0.717, 1.165) is 5.56 Å². The molecule has 0 fully saturated rings. The summed E-state index contributed by atoms with van der Waals surface area (Å²) < 4.78 is 71.8. The van der Waals surface area contributed by atoms with Crippen LogP contribution in [0.1, 0.15) is 5.56 Å². The van der Waals surface area contributed by atoms with Gasteiger partial charge in [-0.1, -0.05) is 6.07 Å². The number of hydrogen-bond donors (Lipinski definition) is 0. The molecule has 21 heavy (non-hydrogen) atoms. The molecule has 0 aliphatic carbocycles. The normalized spacial score (nSPS) is 11.3.